The molecule has 7 nitrogen and oxygen atoms in total. The minimum atomic E-state index is -3.88. The zero-order valence-corrected chi connectivity index (χ0v) is 25.0. The van der Waals surface area contributed by atoms with Crippen LogP contribution in [0.5, 0.6) is 5.75 Å². The van der Waals surface area contributed by atoms with Gasteiger partial charge in [0, 0.05) is 23.7 Å². The summed E-state index contributed by atoms with van der Waals surface area (Å²) in [5, 5.41) is 11.1. The molecule has 218 valence electrons. The van der Waals surface area contributed by atoms with Gasteiger partial charge in [-0.3, -0.25) is 4.79 Å². The van der Waals surface area contributed by atoms with Crippen molar-refractivity contribution >= 4 is 33.2 Å². The minimum absolute atomic E-state index is 0.142. The quantitative estimate of drug-likeness (QED) is 0.409. The molecule has 1 saturated carbocycles. The lowest BCUT2D eigenvalue weighted by Gasteiger charge is -2.43. The number of nitrogens with one attached hydrogen (secondary N) is 1. The van der Waals surface area contributed by atoms with Crippen LogP contribution in [0.4, 0.5) is 5.69 Å². The fraction of sp³-hybridized carbons (Fsp3) is 0.581. The Morgan fingerprint density at radius 1 is 1.00 bits per heavy atom. The van der Waals surface area contributed by atoms with Crippen molar-refractivity contribution in [3.63, 3.8) is 0 Å². The van der Waals surface area contributed by atoms with E-state index in [0.29, 0.717) is 36.1 Å². The molecule has 3 aliphatic rings. The number of fused-ring (bicyclic) bond motifs is 3. The van der Waals surface area contributed by atoms with Gasteiger partial charge >= 0.3 is 0 Å². The number of aryl methyl sites for hydroxylation is 1. The number of rotatable bonds is 0. The summed E-state index contributed by atoms with van der Waals surface area (Å²) < 4.78 is 34.9. The molecule has 0 aromatic heterocycles. The van der Waals surface area contributed by atoms with E-state index in [9.17, 15) is 18.3 Å². The number of amides is 1. The molecule has 2 heterocycles. The summed E-state index contributed by atoms with van der Waals surface area (Å²) in [6, 6.07) is 11.1. The minimum Gasteiger partial charge on any atom is -0.487 e. The molecule has 40 heavy (non-hydrogen) atoms. The fourth-order valence-electron chi connectivity index (χ4n) is 6.38. The Kier molecular flexibility index (Phi) is 8.98. The first-order valence-corrected chi connectivity index (χ1v) is 16.6. The fourth-order valence-corrected chi connectivity index (χ4v) is 7.88. The molecule has 0 saturated heterocycles. The van der Waals surface area contributed by atoms with E-state index < -0.39 is 27.3 Å². The molecule has 1 amide bonds. The number of anilines is 1. The monoisotopic (exact) mass is 588 g/mol. The number of carbonyl (C=O) groups is 1. The van der Waals surface area contributed by atoms with E-state index in [1.165, 1.54) is 5.56 Å². The summed E-state index contributed by atoms with van der Waals surface area (Å²) >= 11 is 6.30. The van der Waals surface area contributed by atoms with E-state index in [1.54, 1.807) is 25.1 Å². The summed E-state index contributed by atoms with van der Waals surface area (Å²) in [6.45, 7) is 5.44. The van der Waals surface area contributed by atoms with Gasteiger partial charge in [0.25, 0.3) is 5.91 Å². The number of sulfonamides is 1. The molecule has 0 unspecified atom stereocenters. The summed E-state index contributed by atoms with van der Waals surface area (Å²) in [6.07, 6.45) is 6.58. The second-order valence-electron chi connectivity index (χ2n) is 11.9. The molecule has 2 N–H and O–H groups in total. The van der Waals surface area contributed by atoms with E-state index in [1.807, 2.05) is 25.1 Å². The Hall–Kier alpha value is -2.29. The normalized spacial score (nSPS) is 29.4. The third-order valence-corrected chi connectivity index (χ3v) is 11.5. The molecule has 1 fully saturated rings. The highest BCUT2D eigenvalue weighted by Crippen LogP contribution is 2.41. The Morgan fingerprint density at radius 2 is 1.82 bits per heavy atom. The largest absolute Gasteiger partial charge is 0.487 e. The van der Waals surface area contributed by atoms with Gasteiger partial charge in [-0.15, -0.1) is 0 Å². The zero-order valence-electron chi connectivity index (χ0n) is 23.4. The first-order chi connectivity index (χ1) is 19.1. The van der Waals surface area contributed by atoms with Crippen LogP contribution in [-0.2, 0) is 23.1 Å². The zero-order chi connectivity index (χ0) is 28.4. The molecular weight excluding hydrogens is 548 g/mol. The molecular formula is C31H41ClN2O5S. The van der Waals surface area contributed by atoms with Crippen molar-refractivity contribution in [3.05, 3.63) is 58.1 Å². The summed E-state index contributed by atoms with van der Waals surface area (Å²) in [5.41, 5.74) is 3.34. The smallest absolute Gasteiger partial charge is 0.264 e. The molecule has 2 aliphatic heterocycles. The highest BCUT2D eigenvalue weighted by atomic mass is 35.5. The Balaban J connectivity index is 1.52. The molecule has 5 atom stereocenters. The van der Waals surface area contributed by atoms with Crippen molar-refractivity contribution in [2.75, 3.05) is 18.0 Å². The van der Waals surface area contributed by atoms with Crippen molar-refractivity contribution < 1.29 is 23.1 Å². The van der Waals surface area contributed by atoms with Crippen LogP contribution in [0, 0.1) is 17.8 Å². The Bertz CT molecular complexity index is 1330. The van der Waals surface area contributed by atoms with Gasteiger partial charge in [-0.05, 0) is 111 Å². The van der Waals surface area contributed by atoms with Gasteiger partial charge in [-0.1, -0.05) is 31.0 Å². The van der Waals surface area contributed by atoms with Crippen LogP contribution in [0.1, 0.15) is 80.3 Å². The van der Waals surface area contributed by atoms with E-state index in [-0.39, 0.29) is 17.4 Å². The third-order valence-electron chi connectivity index (χ3n) is 9.35. The van der Waals surface area contributed by atoms with Gasteiger partial charge in [-0.25, -0.2) is 13.1 Å². The van der Waals surface area contributed by atoms with E-state index in [4.69, 9.17) is 16.3 Å². The standard InChI is InChI=1S/C31H41ClN2O5S/c1-20-6-5-8-29(35)27-13-10-24(27)18-34-15-4-3-7-22-16-26(32)12-9-25(22)19-39-30-14-11-23(17-28(30)34)31(36)33-40(37,38)21(20)2/h9,11-12,14,16-17,20-21,24,27,29,35H,3-8,10,13,15,18-19H2,1-2H3,(H,33,36)/t20-,21-,24+,27-,29+/m1/s1. The van der Waals surface area contributed by atoms with Crippen LogP contribution in [0.25, 0.3) is 0 Å². The number of hydrogen-bond acceptors (Lipinski definition) is 6. The highest BCUT2D eigenvalue weighted by molar-refractivity contribution is 7.90. The molecule has 2 bridgehead atoms. The second-order valence-corrected chi connectivity index (χ2v) is 14.4. The van der Waals surface area contributed by atoms with Crippen LogP contribution >= 0.6 is 11.6 Å². The Labute approximate surface area is 243 Å². The average molecular weight is 589 g/mol. The predicted octanol–water partition coefficient (Wildman–Crippen LogP) is 5.72. The van der Waals surface area contributed by atoms with Crippen molar-refractivity contribution in [2.24, 2.45) is 17.8 Å². The second kappa shape index (κ2) is 12.3. The topological polar surface area (TPSA) is 95.9 Å². The molecule has 9 heteroatoms. The van der Waals surface area contributed by atoms with Gasteiger partial charge in [0.1, 0.15) is 12.4 Å². The van der Waals surface area contributed by atoms with Gasteiger partial charge in [0.05, 0.1) is 17.0 Å². The first-order valence-electron chi connectivity index (χ1n) is 14.7. The number of aliphatic hydroxyl groups excluding tert-OH is 1. The maximum Gasteiger partial charge on any atom is 0.264 e. The van der Waals surface area contributed by atoms with Crippen LogP contribution in [0.3, 0.4) is 0 Å². The van der Waals surface area contributed by atoms with Crippen molar-refractivity contribution in [1.29, 1.82) is 0 Å². The molecule has 0 spiro atoms. The lowest BCUT2D eigenvalue weighted by Crippen LogP contribution is -2.44. The SMILES string of the molecule is C[C@@H]1CCC[C@H](O)[C@@H]2CC[C@H]2CN2CCCCc3cc(Cl)ccc3COc3ccc(cc32)C(=O)NS(=O)(=O)[C@@H]1C. The van der Waals surface area contributed by atoms with E-state index >= 15 is 0 Å². The average Bonchev–Trinajstić information content (AvgIpc) is 2.92. The number of benzene rings is 2. The Morgan fingerprint density at radius 3 is 2.60 bits per heavy atom. The van der Waals surface area contributed by atoms with Crippen molar-refractivity contribution in [1.82, 2.24) is 4.72 Å². The number of nitrogens with zero attached hydrogens (tertiary/aromatic N) is 1. The number of halogens is 1. The number of carbonyl (C=O) groups excluding carboxylic acids is 1. The summed E-state index contributed by atoms with van der Waals surface area (Å²) in [7, 11) is -3.88. The lowest BCUT2D eigenvalue weighted by atomic mass is 9.69. The van der Waals surface area contributed by atoms with E-state index in [0.717, 1.165) is 62.9 Å². The van der Waals surface area contributed by atoms with E-state index in [2.05, 4.69) is 9.62 Å². The van der Waals surface area contributed by atoms with Gasteiger partial charge in [-0.2, -0.15) is 0 Å². The summed E-state index contributed by atoms with van der Waals surface area (Å²) in [5.74, 6) is 0.467. The molecule has 5 rings (SSSR count). The van der Waals surface area contributed by atoms with Gasteiger partial charge in [0.15, 0.2) is 0 Å². The molecule has 0 radical (unpaired) electrons. The van der Waals surface area contributed by atoms with Gasteiger partial charge < -0.3 is 14.7 Å². The van der Waals surface area contributed by atoms with Crippen molar-refractivity contribution in [3.8, 4) is 5.75 Å². The predicted molar refractivity (Wildman–Crippen MR) is 158 cm³/mol. The number of ether oxygens (including phenoxy) is 1. The highest BCUT2D eigenvalue weighted by Gasteiger charge is 2.38. The molecule has 2 aromatic rings. The number of hydrogen-bond donors (Lipinski definition) is 2. The van der Waals surface area contributed by atoms with Crippen LogP contribution < -0.4 is 14.4 Å². The van der Waals surface area contributed by atoms with Crippen LogP contribution in [0.2, 0.25) is 5.02 Å². The third kappa shape index (κ3) is 6.44. The maximum absolute atomic E-state index is 13.3. The lowest BCUT2D eigenvalue weighted by molar-refractivity contribution is 0.00887. The molecule has 2 aromatic carbocycles. The maximum atomic E-state index is 13.3. The van der Waals surface area contributed by atoms with Gasteiger partial charge in [0.2, 0.25) is 10.0 Å². The number of aliphatic hydroxyl groups is 1. The molecule has 1 aliphatic carbocycles. The first kappa shape index (κ1) is 29.2. The van der Waals surface area contributed by atoms with Crippen molar-refractivity contribution in [2.45, 2.75) is 83.2 Å². The summed E-state index contributed by atoms with van der Waals surface area (Å²) in [4.78, 5) is 15.5. The van der Waals surface area contributed by atoms with Crippen LogP contribution in [-0.4, -0.2) is 43.9 Å². The van der Waals surface area contributed by atoms with Crippen LogP contribution in [0.15, 0.2) is 36.4 Å².